The van der Waals surface area contributed by atoms with Crippen LogP contribution in [-0.2, 0) is 19.1 Å². The number of halogens is 1. The van der Waals surface area contributed by atoms with Gasteiger partial charge in [-0.1, -0.05) is 68.8 Å². The lowest BCUT2D eigenvalue weighted by Crippen LogP contribution is -2.59. The molecule has 38 heavy (non-hydrogen) atoms. The van der Waals surface area contributed by atoms with Crippen LogP contribution in [-0.4, -0.2) is 82.7 Å². The average molecular weight is 542 g/mol. The number of hydrogen-bond acceptors (Lipinski definition) is 5. The van der Waals surface area contributed by atoms with Gasteiger partial charge >= 0.3 is 0 Å². The second-order valence-corrected chi connectivity index (χ2v) is 11.7. The molecule has 1 aromatic rings. The fourth-order valence-corrected chi connectivity index (χ4v) is 7.16. The molecule has 0 saturated carbocycles. The van der Waals surface area contributed by atoms with Crippen LogP contribution in [0.5, 0.6) is 0 Å². The summed E-state index contributed by atoms with van der Waals surface area (Å²) in [6.45, 7) is 6.32. The van der Waals surface area contributed by atoms with Crippen molar-refractivity contribution in [1.82, 2.24) is 9.80 Å². The predicted molar refractivity (Wildman–Crippen MR) is 145 cm³/mol. The molecular formula is C29H36ClN3O5. The Bertz CT molecular complexity index is 1200. The van der Waals surface area contributed by atoms with Crippen molar-refractivity contribution in [3.8, 4) is 0 Å². The van der Waals surface area contributed by atoms with Crippen LogP contribution in [0, 0.1) is 17.8 Å². The Hall–Kier alpha value is -2.68. The SMILES string of the molecule is CC[C@@]12C=CCN(C)C(=O)[C@@H]1[C@H]1C(=O)N([C@@H](CO)CC(C)C)C3C(=O)N(c4ccccc4Cl)CC=C[C@@]31O2. The van der Waals surface area contributed by atoms with Gasteiger partial charge in [-0.3, -0.25) is 14.4 Å². The fourth-order valence-electron chi connectivity index (χ4n) is 6.92. The van der Waals surface area contributed by atoms with E-state index in [0.717, 1.165) is 0 Å². The summed E-state index contributed by atoms with van der Waals surface area (Å²) in [6, 6.07) is 5.44. The molecule has 8 nitrogen and oxygen atoms in total. The highest BCUT2D eigenvalue weighted by atomic mass is 35.5. The molecule has 1 spiro atoms. The Balaban J connectivity index is 1.71. The molecule has 0 aliphatic carbocycles. The molecule has 6 atom stereocenters. The lowest BCUT2D eigenvalue weighted by atomic mass is 9.73. The number of likely N-dealkylation sites (tertiary alicyclic amines) is 1. The molecule has 9 heteroatoms. The van der Waals surface area contributed by atoms with E-state index in [1.165, 1.54) is 4.90 Å². The second-order valence-electron chi connectivity index (χ2n) is 11.3. The highest BCUT2D eigenvalue weighted by Gasteiger charge is 2.75. The van der Waals surface area contributed by atoms with Crippen LogP contribution in [0.15, 0.2) is 48.6 Å². The Morgan fingerprint density at radius 1 is 1.05 bits per heavy atom. The first-order valence-corrected chi connectivity index (χ1v) is 13.8. The van der Waals surface area contributed by atoms with Crippen molar-refractivity contribution in [2.24, 2.45) is 17.8 Å². The molecule has 4 heterocycles. The minimum atomic E-state index is -1.37. The normalized spacial score (nSPS) is 33.4. The van der Waals surface area contributed by atoms with Crippen LogP contribution in [0.2, 0.25) is 5.02 Å². The van der Waals surface area contributed by atoms with Gasteiger partial charge < -0.3 is 24.5 Å². The number of benzene rings is 1. The Morgan fingerprint density at radius 2 is 1.76 bits per heavy atom. The summed E-state index contributed by atoms with van der Waals surface area (Å²) in [4.78, 5) is 47.6. The van der Waals surface area contributed by atoms with Gasteiger partial charge in [-0.15, -0.1) is 0 Å². The number of amides is 3. The summed E-state index contributed by atoms with van der Waals surface area (Å²) in [5, 5.41) is 10.9. The van der Waals surface area contributed by atoms with E-state index >= 15 is 0 Å². The third kappa shape index (κ3) is 3.83. The van der Waals surface area contributed by atoms with E-state index in [4.69, 9.17) is 16.3 Å². The molecule has 4 aliphatic rings. The maximum absolute atomic E-state index is 14.5. The van der Waals surface area contributed by atoms with Crippen molar-refractivity contribution in [3.05, 3.63) is 53.6 Å². The predicted octanol–water partition coefficient (Wildman–Crippen LogP) is 3.04. The molecule has 3 amide bonds. The molecule has 1 aromatic carbocycles. The molecular weight excluding hydrogens is 506 g/mol. The quantitative estimate of drug-likeness (QED) is 0.559. The summed E-state index contributed by atoms with van der Waals surface area (Å²) in [5.41, 5.74) is -1.86. The minimum Gasteiger partial charge on any atom is -0.394 e. The van der Waals surface area contributed by atoms with E-state index < -0.39 is 35.1 Å². The van der Waals surface area contributed by atoms with Gasteiger partial charge in [0.2, 0.25) is 11.8 Å². The van der Waals surface area contributed by atoms with Crippen molar-refractivity contribution < 1.29 is 24.2 Å². The summed E-state index contributed by atoms with van der Waals surface area (Å²) in [7, 11) is 1.72. The first kappa shape index (κ1) is 26.9. The number of aliphatic hydroxyl groups excluding tert-OH is 1. The van der Waals surface area contributed by atoms with Crippen molar-refractivity contribution in [2.75, 3.05) is 31.6 Å². The van der Waals surface area contributed by atoms with Crippen LogP contribution < -0.4 is 4.90 Å². The molecule has 5 rings (SSSR count). The Labute approximate surface area is 228 Å². The third-order valence-electron chi connectivity index (χ3n) is 8.57. The van der Waals surface area contributed by atoms with E-state index in [1.54, 1.807) is 35.0 Å². The lowest BCUT2D eigenvalue weighted by Gasteiger charge is -2.41. The number of nitrogens with zero attached hydrogens (tertiary/aromatic N) is 3. The van der Waals surface area contributed by atoms with Gasteiger partial charge in [0.15, 0.2) is 0 Å². The largest absolute Gasteiger partial charge is 0.394 e. The van der Waals surface area contributed by atoms with Crippen LogP contribution in [0.1, 0.15) is 33.6 Å². The lowest BCUT2D eigenvalue weighted by molar-refractivity contribution is -0.152. The minimum absolute atomic E-state index is 0.164. The van der Waals surface area contributed by atoms with Crippen LogP contribution in [0.3, 0.4) is 0 Å². The molecule has 1 unspecified atom stereocenters. The standard InChI is InChI=1S/C29H36ClN3O5/c1-5-28-12-8-14-31(4)25(35)22(28)23-26(36)33(19(17-34)16-18(2)3)24-27(37)32(15-9-13-29(23,24)38-28)21-11-7-6-10-20(21)30/h6-13,18-19,22-24,34H,5,14-17H2,1-4H3/t19-,22+,23+,24?,28-,29+/m1/s1. The van der Waals surface area contributed by atoms with Gasteiger partial charge in [0.05, 0.1) is 40.8 Å². The number of para-hydroxylation sites is 1. The summed E-state index contributed by atoms with van der Waals surface area (Å²) in [5.74, 6) is -2.38. The molecule has 204 valence electrons. The Kier molecular flexibility index (Phi) is 6.95. The number of ether oxygens (including phenoxy) is 1. The smallest absolute Gasteiger partial charge is 0.253 e. The van der Waals surface area contributed by atoms with Crippen molar-refractivity contribution >= 4 is 35.0 Å². The van der Waals surface area contributed by atoms with Gasteiger partial charge in [0, 0.05) is 20.1 Å². The highest BCUT2D eigenvalue weighted by Crippen LogP contribution is 2.59. The maximum atomic E-state index is 14.5. The summed E-state index contributed by atoms with van der Waals surface area (Å²) in [6.07, 6.45) is 8.46. The van der Waals surface area contributed by atoms with E-state index in [1.807, 2.05) is 51.1 Å². The zero-order valence-corrected chi connectivity index (χ0v) is 23.1. The average Bonchev–Trinajstić information content (AvgIpc) is 3.19. The number of carbonyl (C=O) groups excluding carboxylic acids is 3. The number of hydrogen-bond donors (Lipinski definition) is 1. The number of likely N-dealkylation sites (N-methyl/N-ethyl adjacent to an activating group) is 1. The van der Waals surface area contributed by atoms with E-state index in [9.17, 15) is 19.5 Å². The van der Waals surface area contributed by atoms with Crippen molar-refractivity contribution in [3.63, 3.8) is 0 Å². The van der Waals surface area contributed by atoms with Crippen molar-refractivity contribution in [1.29, 1.82) is 0 Å². The summed E-state index contributed by atoms with van der Waals surface area (Å²) < 4.78 is 6.94. The molecule has 4 aliphatic heterocycles. The fraction of sp³-hybridized carbons (Fsp3) is 0.552. The van der Waals surface area contributed by atoms with Crippen LogP contribution in [0.25, 0.3) is 0 Å². The third-order valence-corrected chi connectivity index (χ3v) is 8.89. The van der Waals surface area contributed by atoms with Gasteiger partial charge in [0.1, 0.15) is 11.6 Å². The molecule has 0 radical (unpaired) electrons. The molecule has 0 aromatic heterocycles. The van der Waals surface area contributed by atoms with Gasteiger partial charge in [-0.25, -0.2) is 0 Å². The van der Waals surface area contributed by atoms with Crippen LogP contribution >= 0.6 is 11.6 Å². The monoisotopic (exact) mass is 541 g/mol. The molecule has 1 N–H and O–H groups in total. The number of rotatable bonds is 6. The van der Waals surface area contributed by atoms with Gasteiger partial charge in [-0.2, -0.15) is 0 Å². The number of anilines is 1. The van der Waals surface area contributed by atoms with Crippen molar-refractivity contribution in [2.45, 2.75) is 56.9 Å². The Morgan fingerprint density at radius 3 is 2.42 bits per heavy atom. The zero-order valence-electron chi connectivity index (χ0n) is 22.3. The molecule has 2 saturated heterocycles. The maximum Gasteiger partial charge on any atom is 0.253 e. The number of aliphatic hydroxyl groups is 1. The zero-order chi connectivity index (χ0) is 27.4. The highest BCUT2D eigenvalue weighted by molar-refractivity contribution is 6.34. The first-order chi connectivity index (χ1) is 18.1. The van der Waals surface area contributed by atoms with Gasteiger partial charge in [0.25, 0.3) is 5.91 Å². The van der Waals surface area contributed by atoms with E-state index in [0.29, 0.717) is 30.1 Å². The topological polar surface area (TPSA) is 90.4 Å². The number of fused-ring (bicyclic) bond motifs is 2. The molecule has 2 fully saturated rings. The first-order valence-electron chi connectivity index (χ1n) is 13.4. The van der Waals surface area contributed by atoms with E-state index in [2.05, 4.69) is 0 Å². The molecule has 0 bridgehead atoms. The van der Waals surface area contributed by atoms with Crippen LogP contribution in [0.4, 0.5) is 5.69 Å². The summed E-state index contributed by atoms with van der Waals surface area (Å²) >= 11 is 6.52. The van der Waals surface area contributed by atoms with E-state index in [-0.39, 0.29) is 36.8 Å². The number of carbonyl (C=O) groups is 3. The second kappa shape index (κ2) is 9.81. The van der Waals surface area contributed by atoms with Gasteiger partial charge in [-0.05, 0) is 30.9 Å².